The van der Waals surface area contributed by atoms with E-state index >= 15 is 0 Å². The quantitative estimate of drug-likeness (QED) is 0.231. The van der Waals surface area contributed by atoms with Gasteiger partial charge in [0.25, 0.3) is 0 Å². The first-order valence-electron chi connectivity index (χ1n) is 11.2. The van der Waals surface area contributed by atoms with Crippen LogP contribution < -0.4 is 0 Å². The van der Waals surface area contributed by atoms with Crippen LogP contribution in [0.2, 0.25) is 18.1 Å². The summed E-state index contributed by atoms with van der Waals surface area (Å²) in [5, 5.41) is 0. The molecule has 9 heteroatoms. The standard InChI is InChI=1S/C18H45N3O3Si3/c1-4-22-25-13-7-10-19-16-20(11-8-14-26-23-5-2)18-21(17-19)12-9-15-27-24-6-3/h4-18,25-27H2,1-3H3. The molecule has 1 heterocycles. The Kier molecular flexibility index (Phi) is 17.4. The zero-order chi connectivity index (χ0) is 19.6. The second-order valence-electron chi connectivity index (χ2n) is 7.32. The maximum absolute atomic E-state index is 5.62. The van der Waals surface area contributed by atoms with Crippen LogP contribution in [0.4, 0.5) is 0 Å². The minimum absolute atomic E-state index is 0.277. The smallest absolute Gasteiger partial charge is 0.161 e. The van der Waals surface area contributed by atoms with Crippen molar-refractivity contribution < 1.29 is 13.3 Å². The van der Waals surface area contributed by atoms with Gasteiger partial charge in [0.15, 0.2) is 29.3 Å². The molecule has 0 aromatic rings. The van der Waals surface area contributed by atoms with Gasteiger partial charge in [-0.05, 0) is 58.2 Å². The Labute approximate surface area is 175 Å². The maximum atomic E-state index is 5.62. The van der Waals surface area contributed by atoms with Crippen LogP contribution in [0.3, 0.4) is 0 Å². The highest BCUT2D eigenvalue weighted by molar-refractivity contribution is 6.27. The number of nitrogens with zero attached hydrogens (tertiary/aromatic N) is 3. The van der Waals surface area contributed by atoms with E-state index in [2.05, 4.69) is 35.5 Å². The lowest BCUT2D eigenvalue weighted by molar-refractivity contribution is -0.0290. The molecule has 1 aliphatic rings. The van der Waals surface area contributed by atoms with Crippen LogP contribution in [0.15, 0.2) is 0 Å². The lowest BCUT2D eigenvalue weighted by Gasteiger charge is -2.42. The van der Waals surface area contributed by atoms with E-state index in [9.17, 15) is 0 Å². The maximum Gasteiger partial charge on any atom is 0.161 e. The van der Waals surface area contributed by atoms with Crippen LogP contribution in [-0.2, 0) is 13.3 Å². The largest absolute Gasteiger partial charge is 0.424 e. The highest BCUT2D eigenvalue weighted by Gasteiger charge is 2.22. The van der Waals surface area contributed by atoms with Crippen molar-refractivity contribution in [1.82, 2.24) is 14.7 Å². The summed E-state index contributed by atoms with van der Waals surface area (Å²) in [7, 11) is -0.832. The van der Waals surface area contributed by atoms with E-state index in [0.29, 0.717) is 0 Å². The van der Waals surface area contributed by atoms with Gasteiger partial charge in [-0.2, -0.15) is 0 Å². The van der Waals surface area contributed by atoms with Gasteiger partial charge in [0, 0.05) is 39.5 Å². The summed E-state index contributed by atoms with van der Waals surface area (Å²) in [4.78, 5) is 7.93. The van der Waals surface area contributed by atoms with Crippen LogP contribution in [0, 0.1) is 0 Å². The lowest BCUT2D eigenvalue weighted by atomic mass is 10.3. The fraction of sp³-hybridized carbons (Fsp3) is 1.00. The first-order chi connectivity index (χ1) is 13.3. The van der Waals surface area contributed by atoms with Crippen molar-refractivity contribution in [2.24, 2.45) is 0 Å². The first kappa shape index (κ1) is 25.4. The van der Waals surface area contributed by atoms with Gasteiger partial charge < -0.3 is 13.3 Å². The molecule has 0 radical (unpaired) electrons. The molecular formula is C18H45N3O3Si3. The molecule has 27 heavy (non-hydrogen) atoms. The number of rotatable bonds is 18. The SMILES string of the molecule is CCO[SiH2]CCCN1CN(CCC[SiH2]OCC)CN(CCC[SiH2]OCC)C1. The van der Waals surface area contributed by atoms with Gasteiger partial charge in [0.2, 0.25) is 0 Å². The Bertz CT molecular complexity index is 280. The Balaban J connectivity index is 2.31. The Morgan fingerprint density at radius 3 is 1.11 bits per heavy atom. The van der Waals surface area contributed by atoms with Crippen LogP contribution in [0.1, 0.15) is 40.0 Å². The summed E-state index contributed by atoms with van der Waals surface area (Å²) in [6.45, 7) is 16.1. The van der Waals surface area contributed by atoms with Crippen LogP contribution in [0.25, 0.3) is 0 Å². The summed E-state index contributed by atoms with van der Waals surface area (Å²) in [5.41, 5.74) is 0. The predicted molar refractivity (Wildman–Crippen MR) is 124 cm³/mol. The molecule has 6 nitrogen and oxygen atoms in total. The zero-order valence-corrected chi connectivity index (χ0v) is 22.5. The molecule has 0 N–H and O–H groups in total. The monoisotopic (exact) mass is 435 g/mol. The van der Waals surface area contributed by atoms with E-state index in [1.807, 2.05) is 0 Å². The second kappa shape index (κ2) is 18.4. The Morgan fingerprint density at radius 2 is 0.852 bits per heavy atom. The molecule has 0 atom stereocenters. The summed E-state index contributed by atoms with van der Waals surface area (Å²) in [6, 6.07) is 3.93. The average molecular weight is 436 g/mol. The molecule has 0 saturated carbocycles. The van der Waals surface area contributed by atoms with E-state index < -0.39 is 0 Å². The molecule has 0 amide bonds. The molecule has 1 fully saturated rings. The molecule has 0 bridgehead atoms. The fourth-order valence-electron chi connectivity index (χ4n) is 3.46. The molecule has 1 aliphatic heterocycles. The normalized spacial score (nSPS) is 18.3. The lowest BCUT2D eigenvalue weighted by Crippen LogP contribution is -2.55. The summed E-state index contributed by atoms with van der Waals surface area (Å²) >= 11 is 0. The number of hydrogen-bond acceptors (Lipinski definition) is 6. The molecule has 0 aromatic carbocycles. The van der Waals surface area contributed by atoms with Crippen LogP contribution >= 0.6 is 0 Å². The molecule has 1 rings (SSSR count). The van der Waals surface area contributed by atoms with E-state index in [1.165, 1.54) is 57.0 Å². The molecule has 0 spiro atoms. The fourth-order valence-corrected chi connectivity index (χ4v) is 6.22. The van der Waals surface area contributed by atoms with Gasteiger partial charge in [-0.1, -0.05) is 0 Å². The van der Waals surface area contributed by atoms with Crippen molar-refractivity contribution in [2.75, 3.05) is 59.5 Å². The first-order valence-corrected chi connectivity index (χ1v) is 15.9. The third-order valence-corrected chi connectivity index (χ3v) is 9.31. The minimum atomic E-state index is -0.277. The molecule has 0 aliphatic carbocycles. The second-order valence-corrected chi connectivity index (χ2v) is 11.9. The zero-order valence-electron chi connectivity index (χ0n) is 18.3. The summed E-state index contributed by atoms with van der Waals surface area (Å²) < 4.78 is 16.9. The van der Waals surface area contributed by atoms with E-state index in [0.717, 1.165) is 39.8 Å². The topological polar surface area (TPSA) is 37.4 Å². The van der Waals surface area contributed by atoms with Crippen LogP contribution in [-0.4, -0.2) is 103 Å². The molecule has 0 unspecified atom stereocenters. The highest BCUT2D eigenvalue weighted by atomic mass is 28.2. The van der Waals surface area contributed by atoms with Crippen molar-refractivity contribution in [3.8, 4) is 0 Å². The minimum Gasteiger partial charge on any atom is -0.424 e. The van der Waals surface area contributed by atoms with Gasteiger partial charge in [-0.25, -0.2) is 0 Å². The highest BCUT2D eigenvalue weighted by Crippen LogP contribution is 2.11. The van der Waals surface area contributed by atoms with E-state index in [1.54, 1.807) is 0 Å². The summed E-state index contributed by atoms with van der Waals surface area (Å²) in [5.74, 6) is 0. The van der Waals surface area contributed by atoms with Crippen molar-refractivity contribution >= 4 is 29.3 Å². The van der Waals surface area contributed by atoms with E-state index in [-0.39, 0.29) is 29.3 Å². The molecule has 162 valence electrons. The third-order valence-electron chi connectivity index (χ3n) is 4.85. The van der Waals surface area contributed by atoms with E-state index in [4.69, 9.17) is 13.3 Å². The van der Waals surface area contributed by atoms with Gasteiger partial charge in [-0.15, -0.1) is 0 Å². The number of hydrogen-bond donors (Lipinski definition) is 0. The Hall–Kier alpha value is 0.411. The molecular weight excluding hydrogens is 390 g/mol. The molecule has 1 saturated heterocycles. The van der Waals surface area contributed by atoms with Gasteiger partial charge in [0.05, 0.1) is 20.0 Å². The van der Waals surface area contributed by atoms with Crippen molar-refractivity contribution in [1.29, 1.82) is 0 Å². The van der Waals surface area contributed by atoms with Crippen molar-refractivity contribution in [2.45, 2.75) is 58.2 Å². The van der Waals surface area contributed by atoms with Crippen LogP contribution in [0.5, 0.6) is 0 Å². The third kappa shape index (κ3) is 14.1. The van der Waals surface area contributed by atoms with Crippen molar-refractivity contribution in [3.63, 3.8) is 0 Å². The summed E-state index contributed by atoms with van der Waals surface area (Å²) in [6.07, 6.45) is 3.88. The molecule has 0 aromatic heterocycles. The van der Waals surface area contributed by atoms with Gasteiger partial charge >= 0.3 is 0 Å². The average Bonchev–Trinajstić information content (AvgIpc) is 2.67. The Morgan fingerprint density at radius 1 is 0.556 bits per heavy atom. The van der Waals surface area contributed by atoms with Gasteiger partial charge in [0.1, 0.15) is 0 Å². The van der Waals surface area contributed by atoms with Crippen molar-refractivity contribution in [3.05, 3.63) is 0 Å². The predicted octanol–water partition coefficient (Wildman–Crippen LogP) is 0.565. The van der Waals surface area contributed by atoms with Gasteiger partial charge in [-0.3, -0.25) is 14.7 Å².